The Labute approximate surface area is 136 Å². The average Bonchev–Trinajstić information content (AvgIpc) is 2.90. The van der Waals surface area contributed by atoms with E-state index in [-0.39, 0.29) is 29.6 Å². The van der Waals surface area contributed by atoms with Gasteiger partial charge in [0.05, 0.1) is 4.92 Å². The summed E-state index contributed by atoms with van der Waals surface area (Å²) in [4.78, 5) is 24.7. The highest BCUT2D eigenvalue weighted by Crippen LogP contribution is 2.28. The van der Waals surface area contributed by atoms with Crippen molar-refractivity contribution in [2.24, 2.45) is 11.7 Å². The summed E-state index contributed by atoms with van der Waals surface area (Å²) in [5, 5.41) is 10.7. The van der Waals surface area contributed by atoms with E-state index in [2.05, 4.69) is 0 Å². The highest BCUT2D eigenvalue weighted by Gasteiger charge is 2.28. The molecular weight excluding hydrogens is 294 g/mol. The van der Waals surface area contributed by atoms with Gasteiger partial charge >= 0.3 is 0 Å². The van der Waals surface area contributed by atoms with E-state index in [0.717, 1.165) is 24.8 Å². The molecule has 1 aromatic rings. The van der Waals surface area contributed by atoms with Crippen LogP contribution in [0, 0.1) is 16.0 Å². The number of amides is 1. The van der Waals surface area contributed by atoms with Crippen LogP contribution in [0.3, 0.4) is 0 Å². The molecule has 1 fully saturated rings. The lowest BCUT2D eigenvalue weighted by molar-refractivity contribution is -0.384. The fourth-order valence-electron chi connectivity index (χ4n) is 3.14. The van der Waals surface area contributed by atoms with Gasteiger partial charge in [0.1, 0.15) is 0 Å². The molecular formula is C17H25N3O3. The van der Waals surface area contributed by atoms with Crippen LogP contribution >= 0.6 is 0 Å². The smallest absolute Gasteiger partial charge is 0.269 e. The second-order valence-electron chi connectivity index (χ2n) is 6.60. The fourth-order valence-corrected chi connectivity index (χ4v) is 3.14. The number of hydrogen-bond acceptors (Lipinski definition) is 4. The second-order valence-corrected chi connectivity index (χ2v) is 6.60. The maximum Gasteiger partial charge on any atom is 0.269 e. The van der Waals surface area contributed by atoms with Crippen LogP contribution in [0.15, 0.2) is 24.3 Å². The van der Waals surface area contributed by atoms with Crippen LogP contribution in [0.5, 0.6) is 0 Å². The van der Waals surface area contributed by atoms with Gasteiger partial charge in [-0.05, 0) is 38.2 Å². The molecule has 1 aromatic carbocycles. The topological polar surface area (TPSA) is 89.5 Å². The lowest BCUT2D eigenvalue weighted by atomic mass is 9.99. The summed E-state index contributed by atoms with van der Waals surface area (Å²) in [6.45, 7) is 4.44. The minimum atomic E-state index is -0.420. The summed E-state index contributed by atoms with van der Waals surface area (Å²) < 4.78 is 0. The maximum atomic E-state index is 12.6. The Kier molecular flexibility index (Phi) is 5.71. The van der Waals surface area contributed by atoms with E-state index in [1.165, 1.54) is 12.1 Å². The van der Waals surface area contributed by atoms with Crippen molar-refractivity contribution in [3.05, 3.63) is 39.9 Å². The van der Waals surface area contributed by atoms with Gasteiger partial charge in [0.15, 0.2) is 0 Å². The van der Waals surface area contributed by atoms with E-state index in [4.69, 9.17) is 5.73 Å². The molecule has 1 saturated carbocycles. The molecule has 2 atom stereocenters. The molecule has 0 unspecified atom stereocenters. The molecule has 2 rings (SSSR count). The van der Waals surface area contributed by atoms with Crippen molar-refractivity contribution in [3.8, 4) is 0 Å². The number of nitrogens with zero attached hydrogens (tertiary/aromatic N) is 2. The van der Waals surface area contributed by atoms with E-state index in [1.807, 2.05) is 18.7 Å². The molecule has 0 heterocycles. The van der Waals surface area contributed by atoms with Crippen LogP contribution in [0.25, 0.3) is 0 Å². The summed E-state index contributed by atoms with van der Waals surface area (Å²) >= 11 is 0. The van der Waals surface area contributed by atoms with Crippen molar-refractivity contribution >= 4 is 11.6 Å². The van der Waals surface area contributed by atoms with Gasteiger partial charge in [-0.15, -0.1) is 0 Å². The predicted octanol–water partition coefficient (Wildman–Crippen LogP) is 2.85. The predicted molar refractivity (Wildman–Crippen MR) is 88.7 cm³/mol. The van der Waals surface area contributed by atoms with Crippen LogP contribution < -0.4 is 5.73 Å². The average molecular weight is 319 g/mol. The van der Waals surface area contributed by atoms with Crippen LogP contribution in [0.1, 0.15) is 45.1 Å². The molecule has 1 aliphatic carbocycles. The van der Waals surface area contributed by atoms with Crippen LogP contribution in [-0.2, 0) is 11.3 Å². The minimum absolute atomic E-state index is 0.0631. The largest absolute Gasteiger partial charge is 0.336 e. The summed E-state index contributed by atoms with van der Waals surface area (Å²) in [5.74, 6) is 0.390. The summed E-state index contributed by atoms with van der Waals surface area (Å²) in [5.41, 5.74) is 7.03. The lowest BCUT2D eigenvalue weighted by Gasteiger charge is -2.29. The Morgan fingerprint density at radius 2 is 2.00 bits per heavy atom. The zero-order valence-corrected chi connectivity index (χ0v) is 13.8. The fraction of sp³-hybridized carbons (Fsp3) is 0.588. The number of hydrogen-bond donors (Lipinski definition) is 1. The molecule has 126 valence electrons. The number of rotatable bonds is 6. The Hall–Kier alpha value is -1.95. The van der Waals surface area contributed by atoms with Gasteiger partial charge in [0.2, 0.25) is 5.91 Å². The third-order valence-electron chi connectivity index (χ3n) is 4.60. The van der Waals surface area contributed by atoms with Gasteiger partial charge < -0.3 is 10.6 Å². The number of nitro benzene ring substituents is 1. The number of nitrogens with two attached hydrogens (primary N) is 1. The van der Waals surface area contributed by atoms with Crippen molar-refractivity contribution in [1.29, 1.82) is 0 Å². The Morgan fingerprint density at radius 1 is 1.35 bits per heavy atom. The van der Waals surface area contributed by atoms with Crippen molar-refractivity contribution < 1.29 is 9.72 Å². The van der Waals surface area contributed by atoms with E-state index >= 15 is 0 Å². The van der Waals surface area contributed by atoms with Crippen LogP contribution in [0.2, 0.25) is 0 Å². The van der Waals surface area contributed by atoms with E-state index < -0.39 is 4.92 Å². The van der Waals surface area contributed by atoms with Crippen LogP contribution in [-0.4, -0.2) is 27.8 Å². The van der Waals surface area contributed by atoms with Gasteiger partial charge in [-0.1, -0.05) is 18.6 Å². The number of nitro groups is 1. The third-order valence-corrected chi connectivity index (χ3v) is 4.60. The lowest BCUT2D eigenvalue weighted by Crippen LogP contribution is -2.39. The van der Waals surface area contributed by atoms with Crippen molar-refractivity contribution in [1.82, 2.24) is 4.90 Å². The first-order valence-corrected chi connectivity index (χ1v) is 8.17. The van der Waals surface area contributed by atoms with E-state index in [9.17, 15) is 14.9 Å². The summed E-state index contributed by atoms with van der Waals surface area (Å²) in [6, 6.07) is 6.59. The molecule has 0 aliphatic heterocycles. The minimum Gasteiger partial charge on any atom is -0.336 e. The first-order chi connectivity index (χ1) is 10.9. The number of carbonyl (C=O) groups is 1. The number of carbonyl (C=O) groups excluding carboxylic acids is 1. The normalized spacial score (nSPS) is 20.7. The zero-order valence-electron chi connectivity index (χ0n) is 13.8. The molecule has 0 spiro atoms. The summed E-state index contributed by atoms with van der Waals surface area (Å²) in [7, 11) is 0. The van der Waals surface area contributed by atoms with Crippen molar-refractivity contribution in [3.63, 3.8) is 0 Å². The second kappa shape index (κ2) is 7.55. The van der Waals surface area contributed by atoms with E-state index in [0.29, 0.717) is 13.0 Å². The maximum absolute atomic E-state index is 12.6. The van der Waals surface area contributed by atoms with Crippen molar-refractivity contribution in [2.45, 2.75) is 58.2 Å². The van der Waals surface area contributed by atoms with Gasteiger partial charge in [-0.2, -0.15) is 0 Å². The first kappa shape index (κ1) is 17.4. The number of benzene rings is 1. The Morgan fingerprint density at radius 3 is 2.48 bits per heavy atom. The highest BCUT2D eigenvalue weighted by molar-refractivity contribution is 5.77. The Balaban J connectivity index is 2.02. The standard InChI is InChI=1S/C17H25N3O3/c1-12(2)19(17(21)10-14-4-3-5-16(14)18)11-13-6-8-15(9-7-13)20(22)23/h6-9,12,14,16H,3-5,10-11,18H2,1-2H3/t14-,16+/m0/s1. The molecule has 0 saturated heterocycles. The SMILES string of the molecule is CC(C)N(Cc1ccc([N+](=O)[O-])cc1)C(=O)C[C@@H]1CCC[C@H]1N. The van der Waals surface area contributed by atoms with Gasteiger partial charge in [-0.25, -0.2) is 0 Å². The molecule has 6 heteroatoms. The molecule has 0 aromatic heterocycles. The highest BCUT2D eigenvalue weighted by atomic mass is 16.6. The molecule has 2 N–H and O–H groups in total. The van der Waals surface area contributed by atoms with Gasteiger partial charge in [0.25, 0.3) is 5.69 Å². The monoisotopic (exact) mass is 319 g/mol. The van der Waals surface area contributed by atoms with Crippen LogP contribution in [0.4, 0.5) is 5.69 Å². The molecule has 6 nitrogen and oxygen atoms in total. The molecule has 0 bridgehead atoms. The molecule has 1 amide bonds. The molecule has 0 radical (unpaired) electrons. The van der Waals surface area contributed by atoms with Gasteiger partial charge in [0, 0.05) is 37.2 Å². The first-order valence-electron chi connectivity index (χ1n) is 8.17. The summed E-state index contributed by atoms with van der Waals surface area (Å²) in [6.07, 6.45) is 3.62. The van der Waals surface area contributed by atoms with Crippen molar-refractivity contribution in [2.75, 3.05) is 0 Å². The quantitative estimate of drug-likeness (QED) is 0.645. The molecule has 1 aliphatic rings. The third kappa shape index (κ3) is 4.51. The van der Waals surface area contributed by atoms with E-state index in [1.54, 1.807) is 12.1 Å². The zero-order chi connectivity index (χ0) is 17.0. The molecule has 23 heavy (non-hydrogen) atoms. The number of non-ortho nitro benzene ring substituents is 1. The van der Waals surface area contributed by atoms with Gasteiger partial charge in [-0.3, -0.25) is 14.9 Å². The Bertz CT molecular complexity index is 557.